The number of allylic oxidation sites excluding steroid dienone is 4. The first-order chi connectivity index (χ1) is 10.0. The number of alkyl halides is 1. The van der Waals surface area contributed by atoms with Crippen molar-refractivity contribution in [2.45, 2.75) is 58.3 Å². The standard InChI is InChI=1S/C19H26BrCl/c1-4-15(2)8-5-9-16(3)10-6-13-19(21)17-11-7-12-18(20)14-17/h4,7,9,11-12,14,19H,5-6,8,10,13H2,1-3H3/b15-4+,16-9+. The summed E-state index contributed by atoms with van der Waals surface area (Å²) in [4.78, 5) is 0. The topological polar surface area (TPSA) is 0 Å². The number of benzene rings is 1. The van der Waals surface area contributed by atoms with Gasteiger partial charge in [-0.05, 0) is 70.6 Å². The van der Waals surface area contributed by atoms with Crippen LogP contribution in [-0.4, -0.2) is 0 Å². The molecule has 1 unspecified atom stereocenters. The van der Waals surface area contributed by atoms with E-state index in [0.29, 0.717) is 0 Å². The first-order valence-electron chi connectivity index (χ1n) is 7.70. The molecule has 1 rings (SSSR count). The van der Waals surface area contributed by atoms with Crippen LogP contribution in [0.4, 0.5) is 0 Å². The molecular weight excluding hydrogens is 344 g/mol. The van der Waals surface area contributed by atoms with Crippen LogP contribution in [0.2, 0.25) is 0 Å². The Morgan fingerprint density at radius 3 is 2.67 bits per heavy atom. The zero-order chi connectivity index (χ0) is 15.7. The molecule has 0 aliphatic rings. The van der Waals surface area contributed by atoms with Crippen molar-refractivity contribution in [2.24, 2.45) is 0 Å². The highest BCUT2D eigenvalue weighted by atomic mass is 79.9. The van der Waals surface area contributed by atoms with E-state index in [4.69, 9.17) is 11.6 Å². The minimum atomic E-state index is 0.112. The molecule has 1 aromatic rings. The summed E-state index contributed by atoms with van der Waals surface area (Å²) in [6, 6.07) is 8.29. The van der Waals surface area contributed by atoms with E-state index in [0.717, 1.165) is 30.2 Å². The molecule has 0 aliphatic heterocycles. The van der Waals surface area contributed by atoms with Crippen LogP contribution in [0.15, 0.2) is 52.0 Å². The molecule has 2 heteroatoms. The molecule has 1 aromatic carbocycles. The van der Waals surface area contributed by atoms with Crippen molar-refractivity contribution in [3.05, 3.63) is 57.6 Å². The fourth-order valence-electron chi connectivity index (χ4n) is 2.22. The predicted molar refractivity (Wildman–Crippen MR) is 99.0 cm³/mol. The van der Waals surface area contributed by atoms with E-state index >= 15 is 0 Å². The van der Waals surface area contributed by atoms with Gasteiger partial charge in [0, 0.05) is 4.47 Å². The normalized spacial score (nSPS) is 14.3. The zero-order valence-electron chi connectivity index (χ0n) is 13.3. The molecule has 0 nitrogen and oxygen atoms in total. The predicted octanol–water partition coefficient (Wildman–Crippen LogP) is 7.59. The van der Waals surface area contributed by atoms with Gasteiger partial charge in [0.15, 0.2) is 0 Å². The quantitative estimate of drug-likeness (QED) is 0.327. The summed E-state index contributed by atoms with van der Waals surface area (Å²) in [6.07, 6.45) is 10.2. The molecule has 0 heterocycles. The zero-order valence-corrected chi connectivity index (χ0v) is 15.7. The fraction of sp³-hybridized carbons (Fsp3) is 0.474. The van der Waals surface area contributed by atoms with Crippen LogP contribution in [0.3, 0.4) is 0 Å². The average Bonchev–Trinajstić information content (AvgIpc) is 2.46. The van der Waals surface area contributed by atoms with Gasteiger partial charge in [0.1, 0.15) is 0 Å². The number of rotatable bonds is 8. The van der Waals surface area contributed by atoms with Crippen LogP contribution < -0.4 is 0 Å². The molecule has 0 saturated carbocycles. The van der Waals surface area contributed by atoms with Crippen molar-refractivity contribution < 1.29 is 0 Å². The Labute approximate surface area is 143 Å². The molecule has 1 atom stereocenters. The number of hydrogen-bond donors (Lipinski definition) is 0. The molecule has 0 spiro atoms. The lowest BCUT2D eigenvalue weighted by Crippen LogP contribution is -1.91. The maximum Gasteiger partial charge on any atom is 0.0585 e. The Morgan fingerprint density at radius 1 is 1.24 bits per heavy atom. The highest BCUT2D eigenvalue weighted by molar-refractivity contribution is 9.10. The van der Waals surface area contributed by atoms with Crippen molar-refractivity contribution in [1.29, 1.82) is 0 Å². The van der Waals surface area contributed by atoms with Gasteiger partial charge in [-0.15, -0.1) is 11.6 Å². The Kier molecular flexibility index (Phi) is 9.03. The van der Waals surface area contributed by atoms with Crippen molar-refractivity contribution in [2.75, 3.05) is 0 Å². The second kappa shape index (κ2) is 10.2. The molecule has 116 valence electrons. The Balaban J connectivity index is 2.31. The summed E-state index contributed by atoms with van der Waals surface area (Å²) < 4.78 is 1.10. The van der Waals surface area contributed by atoms with E-state index in [2.05, 4.69) is 61.0 Å². The van der Waals surface area contributed by atoms with Crippen molar-refractivity contribution >= 4 is 27.5 Å². The van der Waals surface area contributed by atoms with E-state index < -0.39 is 0 Å². The third-order valence-electron chi connectivity index (χ3n) is 3.76. The van der Waals surface area contributed by atoms with Crippen LogP contribution in [-0.2, 0) is 0 Å². The smallest absolute Gasteiger partial charge is 0.0585 e. The molecule has 0 N–H and O–H groups in total. The van der Waals surface area contributed by atoms with E-state index in [9.17, 15) is 0 Å². The Morgan fingerprint density at radius 2 is 2.00 bits per heavy atom. The van der Waals surface area contributed by atoms with Gasteiger partial charge in [-0.25, -0.2) is 0 Å². The van der Waals surface area contributed by atoms with Crippen LogP contribution in [0.5, 0.6) is 0 Å². The summed E-state index contributed by atoms with van der Waals surface area (Å²) in [5.41, 5.74) is 4.16. The van der Waals surface area contributed by atoms with Crippen molar-refractivity contribution in [3.8, 4) is 0 Å². The maximum absolute atomic E-state index is 6.48. The van der Waals surface area contributed by atoms with E-state index in [1.54, 1.807) is 0 Å². The Hall–Kier alpha value is -0.530. The highest BCUT2D eigenvalue weighted by Crippen LogP contribution is 2.28. The molecule has 21 heavy (non-hydrogen) atoms. The first-order valence-corrected chi connectivity index (χ1v) is 8.92. The lowest BCUT2D eigenvalue weighted by molar-refractivity contribution is 0.709. The van der Waals surface area contributed by atoms with Crippen LogP contribution in [0, 0.1) is 0 Å². The fourth-order valence-corrected chi connectivity index (χ4v) is 2.93. The molecule has 0 saturated heterocycles. The SMILES string of the molecule is C/C=C(\C)CC/C=C(\C)CCCC(Cl)c1cccc(Br)c1. The number of halogens is 2. The molecule has 0 bridgehead atoms. The van der Waals surface area contributed by atoms with Gasteiger partial charge >= 0.3 is 0 Å². The van der Waals surface area contributed by atoms with Crippen LogP contribution in [0.25, 0.3) is 0 Å². The third kappa shape index (κ3) is 7.87. The van der Waals surface area contributed by atoms with Gasteiger partial charge in [-0.1, -0.05) is 51.4 Å². The maximum atomic E-state index is 6.48. The summed E-state index contributed by atoms with van der Waals surface area (Å²) in [5.74, 6) is 0. The lowest BCUT2D eigenvalue weighted by Gasteiger charge is -2.10. The third-order valence-corrected chi connectivity index (χ3v) is 4.73. The minimum absolute atomic E-state index is 0.112. The van der Waals surface area contributed by atoms with Crippen molar-refractivity contribution in [1.82, 2.24) is 0 Å². The van der Waals surface area contributed by atoms with Crippen LogP contribution >= 0.6 is 27.5 Å². The lowest BCUT2D eigenvalue weighted by atomic mass is 10.0. The second-order valence-electron chi connectivity index (χ2n) is 5.64. The van der Waals surface area contributed by atoms with Gasteiger partial charge in [-0.3, -0.25) is 0 Å². The molecule has 0 radical (unpaired) electrons. The molecule has 0 aromatic heterocycles. The molecule has 0 amide bonds. The first kappa shape index (κ1) is 18.5. The summed E-state index contributed by atoms with van der Waals surface area (Å²) in [7, 11) is 0. The second-order valence-corrected chi connectivity index (χ2v) is 7.08. The molecule has 0 aliphatic carbocycles. The summed E-state index contributed by atoms with van der Waals surface area (Å²) >= 11 is 9.97. The van der Waals surface area contributed by atoms with Gasteiger partial charge < -0.3 is 0 Å². The Bertz CT molecular complexity index is 488. The highest BCUT2D eigenvalue weighted by Gasteiger charge is 2.07. The number of hydrogen-bond acceptors (Lipinski definition) is 0. The van der Waals surface area contributed by atoms with Crippen molar-refractivity contribution in [3.63, 3.8) is 0 Å². The largest absolute Gasteiger partial charge is 0.118 e. The minimum Gasteiger partial charge on any atom is -0.118 e. The van der Waals surface area contributed by atoms with Gasteiger partial charge in [-0.2, -0.15) is 0 Å². The summed E-state index contributed by atoms with van der Waals surface area (Å²) in [6.45, 7) is 6.53. The van der Waals surface area contributed by atoms with Crippen LogP contribution in [0.1, 0.15) is 63.8 Å². The van der Waals surface area contributed by atoms with E-state index in [1.807, 2.05) is 12.1 Å². The van der Waals surface area contributed by atoms with Gasteiger partial charge in [0.2, 0.25) is 0 Å². The molecular formula is C19H26BrCl. The summed E-state index contributed by atoms with van der Waals surface area (Å²) in [5, 5.41) is 0.112. The van der Waals surface area contributed by atoms with E-state index in [1.165, 1.54) is 23.1 Å². The molecule has 0 fully saturated rings. The average molecular weight is 370 g/mol. The van der Waals surface area contributed by atoms with Gasteiger partial charge in [0.25, 0.3) is 0 Å². The monoisotopic (exact) mass is 368 g/mol. The van der Waals surface area contributed by atoms with E-state index in [-0.39, 0.29) is 5.38 Å². The van der Waals surface area contributed by atoms with Gasteiger partial charge in [0.05, 0.1) is 5.38 Å².